The summed E-state index contributed by atoms with van der Waals surface area (Å²) in [6.07, 6.45) is 0.858. The molecule has 0 bridgehead atoms. The number of benzene rings is 2. The number of aliphatic hydroxyl groups is 1. The largest absolute Gasteiger partial charge is 0.493 e. The fraction of sp³-hybridized carbons (Fsp3) is 0.400. The predicted octanol–water partition coefficient (Wildman–Crippen LogP) is 3.80. The standard InChI is InChI=1S/C30H38N2O7/c1-20-26(28(34)35)30(3,27(29(36)37)21(2)32(20)4)24-14-8-9-15-25(24)38-17-11-10-16-31-18-22(33)19-39-23-12-6-5-7-13-23/h5-9,12-15,22,31,33H,10-11,16-19H2,1-4H3,(H,34,35)(H,36,37). The Labute approximate surface area is 229 Å². The van der Waals surface area contributed by atoms with Gasteiger partial charge in [0, 0.05) is 30.5 Å². The molecule has 0 amide bonds. The Balaban J connectivity index is 1.60. The van der Waals surface area contributed by atoms with E-state index in [1.54, 1.807) is 57.0 Å². The van der Waals surface area contributed by atoms with Crippen LogP contribution in [0.4, 0.5) is 0 Å². The van der Waals surface area contributed by atoms with E-state index in [1.807, 2.05) is 30.3 Å². The molecule has 9 heteroatoms. The van der Waals surface area contributed by atoms with Gasteiger partial charge in [-0.3, -0.25) is 0 Å². The molecule has 0 saturated heterocycles. The van der Waals surface area contributed by atoms with Gasteiger partial charge in [0.2, 0.25) is 0 Å². The fourth-order valence-corrected chi connectivity index (χ4v) is 5.02. The third-order valence-corrected chi connectivity index (χ3v) is 7.15. The number of ether oxygens (including phenoxy) is 2. The van der Waals surface area contributed by atoms with E-state index in [0.717, 1.165) is 6.42 Å². The van der Waals surface area contributed by atoms with Crippen LogP contribution in [0.2, 0.25) is 0 Å². The third-order valence-electron chi connectivity index (χ3n) is 7.15. The Kier molecular flexibility index (Phi) is 10.1. The van der Waals surface area contributed by atoms with E-state index in [1.165, 1.54) is 0 Å². The lowest BCUT2D eigenvalue weighted by molar-refractivity contribution is -0.134. The Bertz CT molecular complexity index is 1180. The molecule has 1 atom stereocenters. The molecule has 39 heavy (non-hydrogen) atoms. The Morgan fingerprint density at radius 3 is 2.13 bits per heavy atom. The molecular weight excluding hydrogens is 500 g/mol. The highest BCUT2D eigenvalue weighted by Gasteiger charge is 2.49. The Morgan fingerprint density at radius 2 is 1.51 bits per heavy atom. The summed E-state index contributed by atoms with van der Waals surface area (Å²) in [7, 11) is 1.67. The first-order valence-electron chi connectivity index (χ1n) is 13.0. The Morgan fingerprint density at radius 1 is 0.923 bits per heavy atom. The second-order valence-corrected chi connectivity index (χ2v) is 9.75. The lowest BCUT2D eigenvalue weighted by Gasteiger charge is -2.42. The third kappa shape index (κ3) is 6.79. The van der Waals surface area contributed by atoms with Crippen LogP contribution in [0.3, 0.4) is 0 Å². The average Bonchev–Trinajstić information content (AvgIpc) is 2.90. The van der Waals surface area contributed by atoms with Gasteiger partial charge in [-0.1, -0.05) is 36.4 Å². The van der Waals surface area contributed by atoms with Gasteiger partial charge in [-0.05, 0) is 58.4 Å². The van der Waals surface area contributed by atoms with Crippen molar-refractivity contribution in [3.63, 3.8) is 0 Å². The van der Waals surface area contributed by atoms with E-state index < -0.39 is 23.5 Å². The number of nitrogens with zero attached hydrogens (tertiary/aromatic N) is 1. The number of carboxylic acid groups (broad SMARTS) is 2. The molecule has 0 fully saturated rings. The molecule has 210 valence electrons. The van der Waals surface area contributed by atoms with Gasteiger partial charge >= 0.3 is 11.9 Å². The summed E-state index contributed by atoms with van der Waals surface area (Å²) in [5, 5.41) is 33.6. The van der Waals surface area contributed by atoms with Crippen molar-refractivity contribution >= 4 is 11.9 Å². The van der Waals surface area contributed by atoms with Crippen molar-refractivity contribution in [3.8, 4) is 11.5 Å². The topological polar surface area (TPSA) is 129 Å². The number of nitrogens with one attached hydrogen (secondary N) is 1. The van der Waals surface area contributed by atoms with Crippen LogP contribution in [0.15, 0.2) is 77.1 Å². The second-order valence-electron chi connectivity index (χ2n) is 9.75. The molecule has 1 aliphatic heterocycles. The molecule has 3 rings (SSSR count). The number of aliphatic hydroxyl groups excluding tert-OH is 1. The molecule has 0 saturated carbocycles. The molecule has 9 nitrogen and oxygen atoms in total. The quantitative estimate of drug-likeness (QED) is 0.266. The molecule has 0 radical (unpaired) electrons. The molecule has 2 aromatic rings. The van der Waals surface area contributed by atoms with Crippen LogP contribution in [-0.2, 0) is 15.0 Å². The molecule has 0 spiro atoms. The molecule has 1 aliphatic rings. The number of hydrogen-bond acceptors (Lipinski definition) is 7. The SMILES string of the molecule is CC1=C(C(=O)O)C(C)(c2ccccc2OCCCCNCC(O)COc2ccccc2)C(C(=O)O)=C(C)N1C. The average molecular weight is 539 g/mol. The summed E-state index contributed by atoms with van der Waals surface area (Å²) in [5.74, 6) is -1.19. The van der Waals surface area contributed by atoms with Crippen molar-refractivity contribution in [2.24, 2.45) is 0 Å². The van der Waals surface area contributed by atoms with Crippen molar-refractivity contribution in [1.29, 1.82) is 0 Å². The van der Waals surface area contributed by atoms with E-state index in [2.05, 4.69) is 5.32 Å². The smallest absolute Gasteiger partial charge is 0.334 e. The second kappa shape index (κ2) is 13.3. The zero-order chi connectivity index (χ0) is 28.6. The zero-order valence-electron chi connectivity index (χ0n) is 22.9. The minimum Gasteiger partial charge on any atom is -0.493 e. The maximum absolute atomic E-state index is 12.4. The molecule has 0 aromatic heterocycles. The summed E-state index contributed by atoms with van der Waals surface area (Å²) < 4.78 is 11.6. The summed E-state index contributed by atoms with van der Waals surface area (Å²) in [5.41, 5.74) is 0.0286. The van der Waals surface area contributed by atoms with E-state index in [-0.39, 0.29) is 17.8 Å². The monoisotopic (exact) mass is 538 g/mol. The van der Waals surface area contributed by atoms with Crippen LogP contribution in [0.1, 0.15) is 39.2 Å². The molecule has 2 aromatic carbocycles. The predicted molar refractivity (Wildman–Crippen MR) is 148 cm³/mol. The highest BCUT2D eigenvalue weighted by molar-refractivity contribution is 6.00. The molecule has 1 heterocycles. The van der Waals surface area contributed by atoms with Gasteiger partial charge in [-0.2, -0.15) is 0 Å². The highest BCUT2D eigenvalue weighted by Crippen LogP contribution is 2.49. The summed E-state index contributed by atoms with van der Waals surface area (Å²) in [6.45, 7) is 6.65. The van der Waals surface area contributed by atoms with Gasteiger partial charge in [0.1, 0.15) is 24.2 Å². The van der Waals surface area contributed by atoms with E-state index in [4.69, 9.17) is 9.47 Å². The van der Waals surface area contributed by atoms with Gasteiger partial charge in [-0.15, -0.1) is 0 Å². The van der Waals surface area contributed by atoms with Gasteiger partial charge in [0.25, 0.3) is 0 Å². The van der Waals surface area contributed by atoms with Gasteiger partial charge in [-0.25, -0.2) is 9.59 Å². The lowest BCUT2D eigenvalue weighted by Crippen LogP contribution is -2.43. The van der Waals surface area contributed by atoms with Gasteiger partial charge < -0.3 is 35.0 Å². The van der Waals surface area contributed by atoms with Gasteiger partial charge in [0.05, 0.1) is 23.2 Å². The lowest BCUT2D eigenvalue weighted by atomic mass is 9.66. The maximum atomic E-state index is 12.4. The molecule has 1 unspecified atom stereocenters. The van der Waals surface area contributed by atoms with E-state index >= 15 is 0 Å². The first kappa shape index (κ1) is 29.7. The van der Waals surface area contributed by atoms with Crippen molar-refractivity contribution in [2.75, 3.05) is 33.4 Å². The maximum Gasteiger partial charge on any atom is 0.334 e. The summed E-state index contributed by atoms with van der Waals surface area (Å²) in [6, 6.07) is 16.3. The van der Waals surface area contributed by atoms with Crippen molar-refractivity contribution in [1.82, 2.24) is 10.2 Å². The van der Waals surface area contributed by atoms with E-state index in [0.29, 0.717) is 54.6 Å². The first-order valence-corrected chi connectivity index (χ1v) is 13.0. The minimum absolute atomic E-state index is 0.00283. The molecular formula is C30H38N2O7. The van der Waals surface area contributed by atoms with Crippen LogP contribution in [-0.4, -0.2) is 71.6 Å². The number of para-hydroxylation sites is 2. The zero-order valence-corrected chi connectivity index (χ0v) is 22.9. The summed E-state index contributed by atoms with van der Waals surface area (Å²) >= 11 is 0. The first-order chi connectivity index (χ1) is 18.6. The normalized spacial score (nSPS) is 15.8. The molecule has 4 N–H and O–H groups in total. The minimum atomic E-state index is -1.42. The Hall–Kier alpha value is -3.82. The van der Waals surface area contributed by atoms with Crippen molar-refractivity contribution < 1.29 is 34.4 Å². The van der Waals surface area contributed by atoms with Crippen LogP contribution in [0.25, 0.3) is 0 Å². The highest BCUT2D eigenvalue weighted by atomic mass is 16.5. The van der Waals surface area contributed by atoms with Crippen LogP contribution < -0.4 is 14.8 Å². The number of allylic oxidation sites excluding steroid dienone is 2. The van der Waals surface area contributed by atoms with Crippen LogP contribution in [0.5, 0.6) is 11.5 Å². The number of rotatable bonds is 14. The van der Waals surface area contributed by atoms with Crippen LogP contribution in [0, 0.1) is 0 Å². The number of carbonyl (C=O) groups is 2. The number of carboxylic acids is 2. The number of aliphatic carboxylic acids is 2. The number of unbranched alkanes of at least 4 members (excludes halogenated alkanes) is 1. The van der Waals surface area contributed by atoms with Crippen LogP contribution >= 0.6 is 0 Å². The van der Waals surface area contributed by atoms with E-state index in [9.17, 15) is 24.9 Å². The molecule has 0 aliphatic carbocycles. The van der Waals surface area contributed by atoms with Gasteiger partial charge in [0.15, 0.2) is 0 Å². The van der Waals surface area contributed by atoms with Crippen molar-refractivity contribution in [2.45, 2.75) is 45.1 Å². The number of hydrogen-bond donors (Lipinski definition) is 4. The fourth-order valence-electron chi connectivity index (χ4n) is 5.02. The van der Waals surface area contributed by atoms with Crippen molar-refractivity contribution in [3.05, 3.63) is 82.7 Å². The summed E-state index contributed by atoms with van der Waals surface area (Å²) in [4.78, 5) is 26.5.